The van der Waals surface area contributed by atoms with Crippen molar-refractivity contribution in [3.63, 3.8) is 0 Å². The van der Waals surface area contributed by atoms with Crippen LogP contribution in [-0.4, -0.2) is 20.2 Å². The van der Waals surface area contributed by atoms with E-state index in [0.717, 1.165) is 24.8 Å². The largest absolute Gasteiger partial charge is 0.494 e. The van der Waals surface area contributed by atoms with Gasteiger partial charge in [0.2, 0.25) is 0 Å². The Bertz CT molecular complexity index is 427. The van der Waals surface area contributed by atoms with Gasteiger partial charge in [0, 0.05) is 0 Å². The summed E-state index contributed by atoms with van der Waals surface area (Å²) in [4.78, 5) is 0. The second-order valence-electron chi connectivity index (χ2n) is 6.84. The van der Waals surface area contributed by atoms with Crippen molar-refractivity contribution in [1.29, 1.82) is 0 Å². The lowest BCUT2D eigenvalue weighted by Gasteiger charge is -2.41. The summed E-state index contributed by atoms with van der Waals surface area (Å²) in [6.45, 7) is 8.70. The molecular formula is C18H29NO. The van der Waals surface area contributed by atoms with Crippen LogP contribution in [-0.2, 0) is 0 Å². The van der Waals surface area contributed by atoms with Crippen molar-refractivity contribution in [1.82, 2.24) is 5.32 Å². The first-order chi connectivity index (χ1) is 9.55. The number of rotatable bonds is 5. The molecule has 1 fully saturated rings. The third-order valence-corrected chi connectivity index (χ3v) is 4.60. The summed E-state index contributed by atoms with van der Waals surface area (Å²) in [7, 11) is 2.06. The molecule has 1 aromatic carbocycles. The zero-order valence-corrected chi connectivity index (χ0v) is 13.4. The van der Waals surface area contributed by atoms with Crippen molar-refractivity contribution in [2.24, 2.45) is 11.3 Å². The van der Waals surface area contributed by atoms with Crippen LogP contribution in [0.3, 0.4) is 0 Å². The Morgan fingerprint density at radius 2 is 2.15 bits per heavy atom. The highest BCUT2D eigenvalue weighted by Crippen LogP contribution is 2.46. The molecule has 112 valence electrons. The van der Waals surface area contributed by atoms with Gasteiger partial charge in [0.1, 0.15) is 5.75 Å². The highest BCUT2D eigenvalue weighted by atomic mass is 16.5. The molecule has 0 radical (unpaired) electrons. The van der Waals surface area contributed by atoms with Crippen molar-refractivity contribution < 1.29 is 4.74 Å². The third-order valence-electron chi connectivity index (χ3n) is 4.60. The number of benzene rings is 1. The fraction of sp³-hybridized carbons (Fsp3) is 0.667. The Balaban J connectivity index is 2.22. The van der Waals surface area contributed by atoms with Gasteiger partial charge in [-0.3, -0.25) is 0 Å². The van der Waals surface area contributed by atoms with E-state index in [9.17, 15) is 0 Å². The van der Waals surface area contributed by atoms with E-state index in [1.165, 1.54) is 24.8 Å². The first-order valence-electron chi connectivity index (χ1n) is 7.93. The van der Waals surface area contributed by atoms with Crippen LogP contribution < -0.4 is 10.1 Å². The summed E-state index contributed by atoms with van der Waals surface area (Å²) in [6.07, 6.45) is 3.92. The molecule has 0 heterocycles. The van der Waals surface area contributed by atoms with Gasteiger partial charge in [0.15, 0.2) is 0 Å². The second-order valence-corrected chi connectivity index (χ2v) is 6.84. The molecule has 1 aliphatic carbocycles. The molecule has 1 aliphatic rings. The van der Waals surface area contributed by atoms with E-state index >= 15 is 0 Å². The van der Waals surface area contributed by atoms with E-state index < -0.39 is 0 Å². The normalized spacial score (nSPS) is 25.4. The van der Waals surface area contributed by atoms with Crippen LogP contribution in [0.2, 0.25) is 0 Å². The van der Waals surface area contributed by atoms with Crippen molar-refractivity contribution in [3.8, 4) is 5.75 Å². The van der Waals surface area contributed by atoms with E-state index in [1.807, 2.05) is 6.92 Å². The van der Waals surface area contributed by atoms with E-state index in [2.05, 4.69) is 50.5 Å². The Hall–Kier alpha value is -1.02. The highest BCUT2D eigenvalue weighted by molar-refractivity contribution is 5.32. The molecule has 0 saturated heterocycles. The van der Waals surface area contributed by atoms with Gasteiger partial charge in [0.05, 0.1) is 6.61 Å². The monoisotopic (exact) mass is 275 g/mol. The molecule has 2 atom stereocenters. The van der Waals surface area contributed by atoms with Gasteiger partial charge in [0.25, 0.3) is 0 Å². The lowest BCUT2D eigenvalue weighted by Crippen LogP contribution is -2.33. The molecule has 20 heavy (non-hydrogen) atoms. The Labute approximate surface area is 123 Å². The van der Waals surface area contributed by atoms with Gasteiger partial charge in [-0.25, -0.2) is 0 Å². The Morgan fingerprint density at radius 3 is 2.85 bits per heavy atom. The number of nitrogens with one attached hydrogen (secondary N) is 1. The van der Waals surface area contributed by atoms with E-state index in [1.54, 1.807) is 0 Å². The summed E-state index contributed by atoms with van der Waals surface area (Å²) in [6, 6.07) is 8.72. The minimum absolute atomic E-state index is 0.455. The standard InChI is InChI=1S/C18H29NO/c1-5-20-16-8-6-7-14(11-16)17-12-18(2,3)10-9-15(17)13-19-4/h6-8,11,15,17,19H,5,9-10,12-13H2,1-4H3. The average molecular weight is 275 g/mol. The average Bonchev–Trinajstić information content (AvgIpc) is 2.41. The summed E-state index contributed by atoms with van der Waals surface area (Å²) in [5.41, 5.74) is 1.90. The quantitative estimate of drug-likeness (QED) is 0.869. The molecule has 1 N–H and O–H groups in total. The van der Waals surface area contributed by atoms with E-state index in [4.69, 9.17) is 4.74 Å². The third kappa shape index (κ3) is 3.76. The Kier molecular flexibility index (Phi) is 5.09. The number of hydrogen-bond acceptors (Lipinski definition) is 2. The summed E-state index contributed by atoms with van der Waals surface area (Å²) in [5.74, 6) is 2.40. The maximum atomic E-state index is 5.67. The molecule has 1 aromatic rings. The van der Waals surface area contributed by atoms with Crippen LogP contribution in [0, 0.1) is 11.3 Å². The fourth-order valence-corrected chi connectivity index (χ4v) is 3.54. The maximum absolute atomic E-state index is 5.67. The predicted octanol–water partition coefficient (Wildman–Crippen LogP) is 4.21. The first-order valence-corrected chi connectivity index (χ1v) is 7.93. The molecule has 0 amide bonds. The molecule has 2 rings (SSSR count). The van der Waals surface area contributed by atoms with Crippen molar-refractivity contribution in [3.05, 3.63) is 29.8 Å². The summed E-state index contributed by atoms with van der Waals surface area (Å²) in [5, 5.41) is 3.37. The summed E-state index contributed by atoms with van der Waals surface area (Å²) < 4.78 is 5.67. The topological polar surface area (TPSA) is 21.3 Å². The minimum Gasteiger partial charge on any atom is -0.494 e. The molecule has 0 bridgehead atoms. The van der Waals surface area contributed by atoms with Crippen LogP contribution in [0.1, 0.15) is 51.5 Å². The molecule has 2 unspecified atom stereocenters. The van der Waals surface area contributed by atoms with E-state index in [-0.39, 0.29) is 0 Å². The van der Waals surface area contributed by atoms with Crippen LogP contribution in [0.4, 0.5) is 0 Å². The van der Waals surface area contributed by atoms with E-state index in [0.29, 0.717) is 11.3 Å². The SMILES string of the molecule is CCOc1cccc(C2CC(C)(C)CCC2CNC)c1. The molecule has 2 heteroatoms. The summed E-state index contributed by atoms with van der Waals surface area (Å²) >= 11 is 0. The van der Waals surface area contributed by atoms with Crippen molar-refractivity contribution >= 4 is 0 Å². The highest BCUT2D eigenvalue weighted by Gasteiger charge is 2.35. The van der Waals surface area contributed by atoms with Gasteiger partial charge in [-0.1, -0.05) is 26.0 Å². The minimum atomic E-state index is 0.455. The van der Waals surface area contributed by atoms with Crippen LogP contribution in [0.15, 0.2) is 24.3 Å². The van der Waals surface area contributed by atoms with Crippen molar-refractivity contribution in [2.75, 3.05) is 20.2 Å². The Morgan fingerprint density at radius 1 is 1.35 bits per heavy atom. The molecule has 0 spiro atoms. The smallest absolute Gasteiger partial charge is 0.119 e. The van der Waals surface area contributed by atoms with Crippen molar-refractivity contribution in [2.45, 2.75) is 46.0 Å². The second kappa shape index (κ2) is 6.62. The lowest BCUT2D eigenvalue weighted by atomic mass is 9.65. The van der Waals surface area contributed by atoms with Crippen LogP contribution in [0.5, 0.6) is 5.75 Å². The zero-order chi connectivity index (χ0) is 14.6. The lowest BCUT2D eigenvalue weighted by molar-refractivity contribution is 0.161. The van der Waals surface area contributed by atoms with Gasteiger partial charge in [-0.15, -0.1) is 0 Å². The first kappa shape index (κ1) is 15.4. The molecular weight excluding hydrogens is 246 g/mol. The fourth-order valence-electron chi connectivity index (χ4n) is 3.54. The molecule has 0 aromatic heterocycles. The van der Waals surface area contributed by atoms with Gasteiger partial charge < -0.3 is 10.1 Å². The van der Waals surface area contributed by atoms with Crippen LogP contribution >= 0.6 is 0 Å². The zero-order valence-electron chi connectivity index (χ0n) is 13.4. The molecule has 2 nitrogen and oxygen atoms in total. The predicted molar refractivity (Wildman–Crippen MR) is 85.4 cm³/mol. The number of hydrogen-bond donors (Lipinski definition) is 1. The number of ether oxygens (including phenoxy) is 1. The van der Waals surface area contributed by atoms with Gasteiger partial charge in [-0.05, 0) is 74.7 Å². The van der Waals surface area contributed by atoms with Gasteiger partial charge >= 0.3 is 0 Å². The molecule has 0 aliphatic heterocycles. The van der Waals surface area contributed by atoms with Gasteiger partial charge in [-0.2, -0.15) is 0 Å². The molecule has 1 saturated carbocycles. The van der Waals surface area contributed by atoms with Crippen LogP contribution in [0.25, 0.3) is 0 Å². The maximum Gasteiger partial charge on any atom is 0.119 e.